The van der Waals surface area contributed by atoms with E-state index in [9.17, 15) is 77.3 Å². The molecule has 17 atom stereocenters. The van der Waals surface area contributed by atoms with E-state index in [0.29, 0.717) is 59.7 Å². The molecule has 0 bridgehead atoms. The van der Waals surface area contributed by atoms with Gasteiger partial charge < -0.3 is 112 Å². The molecule has 18 amide bonds. The summed E-state index contributed by atoms with van der Waals surface area (Å²) < 4.78 is 0. The fourth-order valence-electron chi connectivity index (χ4n) is 14.1. The largest absolute Gasteiger partial charge is 0.508 e. The van der Waals surface area contributed by atoms with E-state index < -0.39 is 221 Å². The number of phenols is 1. The predicted octanol–water partition coefficient (Wildman–Crippen LogP) is -0.0979. The second kappa shape index (κ2) is 51.2. The summed E-state index contributed by atoms with van der Waals surface area (Å²) in [7, 11) is 0. The number of carbonyl (C=O) groups excluding carboxylic acids is 18. The fraction of sp³-hybridized carbons (Fsp3) is 0.556. The van der Waals surface area contributed by atoms with Gasteiger partial charge in [0.2, 0.25) is 106 Å². The number of aromatic amines is 1. The third-order valence-electron chi connectivity index (χ3n) is 21.9. The number of rotatable bonds is 32. The van der Waals surface area contributed by atoms with E-state index in [2.05, 4.69) is 90.1 Å². The van der Waals surface area contributed by atoms with Gasteiger partial charge in [-0.1, -0.05) is 120 Å². The van der Waals surface area contributed by atoms with Gasteiger partial charge in [-0.05, 0) is 174 Å². The van der Waals surface area contributed by atoms with Gasteiger partial charge in [0.25, 0.3) is 0 Å². The molecule has 2 heterocycles. The Hall–Kier alpha value is -12.8. The summed E-state index contributed by atoms with van der Waals surface area (Å²) in [6.45, 7) is 21.6. The zero-order valence-electron chi connectivity index (χ0n) is 76.3. The minimum Gasteiger partial charge on any atom is -0.508 e. The van der Waals surface area contributed by atoms with Gasteiger partial charge in [-0.3, -0.25) is 86.3 Å². The van der Waals surface area contributed by atoms with Crippen LogP contribution in [0.2, 0.25) is 0 Å². The van der Waals surface area contributed by atoms with Crippen LogP contribution in [0.5, 0.6) is 5.75 Å². The molecule has 39 nitrogen and oxygen atoms in total. The zero-order valence-corrected chi connectivity index (χ0v) is 76.3. The first-order valence-corrected chi connectivity index (χ1v) is 43.8. The zero-order chi connectivity index (χ0) is 96.3. The summed E-state index contributed by atoms with van der Waals surface area (Å²) in [6.07, 6.45) is 4.98. The molecule has 4 aromatic rings. The van der Waals surface area contributed by atoms with Crippen LogP contribution in [0.4, 0.5) is 0 Å². The van der Waals surface area contributed by atoms with Crippen molar-refractivity contribution in [3.05, 3.63) is 114 Å². The summed E-state index contributed by atoms with van der Waals surface area (Å²) in [5.74, 6) is -16.3. The minimum absolute atomic E-state index is 0.0746. The summed E-state index contributed by atoms with van der Waals surface area (Å²) in [5, 5.41) is 63.8. The number of carbonyl (C=O) groups is 18. The number of hydrogen-bond donors (Lipinski definition) is 21. The minimum atomic E-state index is -1.91. The number of amides is 18. The van der Waals surface area contributed by atoms with Crippen molar-refractivity contribution in [2.45, 2.75) is 308 Å². The number of H-pyrrole nitrogens is 1. The summed E-state index contributed by atoms with van der Waals surface area (Å²) in [5.41, 5.74) is 9.13. The van der Waals surface area contributed by atoms with E-state index in [1.54, 1.807) is 74.6 Å². The van der Waals surface area contributed by atoms with E-state index in [0.717, 1.165) is 0 Å². The number of fused-ring (bicyclic) bond motifs is 1. The number of primary amides is 2. The maximum absolute atomic E-state index is 15.3. The van der Waals surface area contributed by atoms with Gasteiger partial charge in [-0.25, -0.2) is 0 Å². The van der Waals surface area contributed by atoms with Crippen molar-refractivity contribution < 1.29 is 96.5 Å². The Morgan fingerprint density at radius 2 is 0.992 bits per heavy atom. The van der Waals surface area contributed by atoms with Crippen molar-refractivity contribution in [2.75, 3.05) is 0 Å². The van der Waals surface area contributed by atoms with Crippen LogP contribution in [0.25, 0.3) is 10.9 Å². The molecule has 0 aliphatic carbocycles. The van der Waals surface area contributed by atoms with E-state index in [-0.39, 0.29) is 75.4 Å². The van der Waals surface area contributed by atoms with Crippen LogP contribution >= 0.6 is 0 Å². The van der Waals surface area contributed by atoms with Gasteiger partial charge in [0, 0.05) is 49.7 Å². The van der Waals surface area contributed by atoms with E-state index in [1.165, 1.54) is 100 Å². The number of phenolic OH excluding ortho intramolecular Hbond substituents is 1. The molecule has 708 valence electrons. The van der Waals surface area contributed by atoms with Crippen molar-refractivity contribution in [1.29, 1.82) is 0 Å². The molecule has 0 unspecified atom stereocenters. The number of nitrogens with one attached hydrogen (secondary N) is 17. The van der Waals surface area contributed by atoms with Crippen LogP contribution in [0.3, 0.4) is 0 Å². The van der Waals surface area contributed by atoms with Crippen molar-refractivity contribution in [1.82, 2.24) is 90.1 Å². The highest BCUT2D eigenvalue weighted by atomic mass is 16.3. The maximum Gasteiger partial charge on any atom is 0.246 e. The Balaban J connectivity index is 1.56. The Morgan fingerprint density at radius 3 is 1.56 bits per heavy atom. The van der Waals surface area contributed by atoms with Crippen LogP contribution in [-0.2, 0) is 106 Å². The number of para-hydroxylation sites is 1. The first kappa shape index (κ1) is 107. The molecule has 39 heteroatoms. The highest BCUT2D eigenvalue weighted by Gasteiger charge is 2.43. The molecule has 1 aromatic heterocycles. The highest BCUT2D eigenvalue weighted by Crippen LogP contribution is 2.24. The normalized spacial score (nSPS) is 22.4. The first-order chi connectivity index (χ1) is 60.6. The summed E-state index contributed by atoms with van der Waals surface area (Å²) in [4.78, 5) is 255. The number of nitrogens with two attached hydrogens (primary N) is 2. The second-order valence-electron chi connectivity index (χ2n) is 34.6. The molecule has 1 aliphatic heterocycles. The Kier molecular flexibility index (Phi) is 42.4. The van der Waals surface area contributed by atoms with E-state index in [4.69, 9.17) is 11.5 Å². The number of aliphatic hydroxyl groups excluding tert-OH is 1. The van der Waals surface area contributed by atoms with Crippen molar-refractivity contribution in [3.63, 3.8) is 0 Å². The van der Waals surface area contributed by atoms with Crippen LogP contribution < -0.4 is 96.5 Å². The lowest BCUT2D eigenvalue weighted by molar-refractivity contribution is -0.138. The molecule has 5 rings (SSSR count). The van der Waals surface area contributed by atoms with Gasteiger partial charge in [0.15, 0.2) is 0 Å². The van der Waals surface area contributed by atoms with Gasteiger partial charge in [-0.15, -0.1) is 0 Å². The average Bonchev–Trinajstić information content (AvgIpc) is 1.75. The summed E-state index contributed by atoms with van der Waals surface area (Å²) in [6, 6.07) is 1.39. The number of aromatic nitrogens is 1. The van der Waals surface area contributed by atoms with E-state index >= 15 is 19.2 Å². The van der Waals surface area contributed by atoms with Crippen LogP contribution in [0.1, 0.15) is 204 Å². The van der Waals surface area contributed by atoms with E-state index in [1.807, 2.05) is 26.0 Å². The lowest BCUT2D eigenvalue weighted by Crippen LogP contribution is -2.64. The lowest BCUT2D eigenvalue weighted by atomic mass is 9.91. The number of aromatic hydroxyl groups is 1. The first-order valence-electron chi connectivity index (χ1n) is 43.8. The van der Waals surface area contributed by atoms with Crippen molar-refractivity contribution in [3.8, 4) is 5.75 Å². The molecule has 0 spiro atoms. The number of hydrogen-bond acceptors (Lipinski definition) is 20. The number of benzene rings is 3. The summed E-state index contributed by atoms with van der Waals surface area (Å²) >= 11 is 0. The highest BCUT2D eigenvalue weighted by molar-refractivity contribution is 6.02. The second-order valence-corrected chi connectivity index (χ2v) is 34.6. The monoisotopic (exact) mass is 1800 g/mol. The Labute approximate surface area is 751 Å². The topological polar surface area (TPSA) is 608 Å². The molecule has 0 radical (unpaired) electrons. The molecule has 1 aliphatic rings. The lowest BCUT2D eigenvalue weighted by Gasteiger charge is -2.33. The maximum atomic E-state index is 15.3. The van der Waals surface area contributed by atoms with Crippen LogP contribution in [-0.4, -0.2) is 223 Å². The Bertz CT molecular complexity index is 4620. The van der Waals surface area contributed by atoms with Crippen molar-refractivity contribution >= 4 is 117 Å². The molecule has 3 aromatic carbocycles. The van der Waals surface area contributed by atoms with Crippen molar-refractivity contribution in [2.24, 2.45) is 23.3 Å². The van der Waals surface area contributed by atoms with Gasteiger partial charge in [0.05, 0.1) is 6.10 Å². The SMILES string of the molecule is CC(=O)N[C@@H](CC(C)C)C(=O)N[C@H](C(=O)N[C@@H](Cc1ccccc1)C(=O)N[C@]1(C)CCCCCC/C=C\CCC[C@@](C)(C(=O)N[C@@H](C)C(=O)N[C@@H](C)C(=O)N[C@@H](C)C(=O)N[C@@H](C)C(=O)N[C@H](C)C(N)=O)NC(=O)[C@H](CC(C)C)NC(=O)[C@H](CCC(N)=O)NC(=O)[C@H](C)NC(=O)[C@H](Cc2c[nH]c3ccccc23)NC(=O)[C@H](Cc2ccc(O)cc2)NC(=O)[C@H](C)NC1=O)[C@@H](C)O. The van der Waals surface area contributed by atoms with Gasteiger partial charge in [-0.2, -0.15) is 0 Å². The van der Waals surface area contributed by atoms with Gasteiger partial charge in [0.1, 0.15) is 101 Å². The smallest absolute Gasteiger partial charge is 0.246 e. The molecule has 23 N–H and O–H groups in total. The number of allylic oxidation sites excluding steroid dienone is 2. The molecule has 0 fully saturated rings. The van der Waals surface area contributed by atoms with Crippen LogP contribution in [0.15, 0.2) is 97.2 Å². The average molecular weight is 1800 g/mol. The molecular formula is C90H133N19O20. The molecular weight excluding hydrogens is 1670 g/mol. The molecule has 0 saturated heterocycles. The number of aliphatic hydroxyl groups is 1. The third-order valence-corrected chi connectivity index (χ3v) is 21.9. The van der Waals surface area contributed by atoms with Crippen LogP contribution in [0, 0.1) is 11.8 Å². The predicted molar refractivity (Wildman–Crippen MR) is 478 cm³/mol. The Morgan fingerprint density at radius 1 is 0.481 bits per heavy atom. The standard InChI is InChI=1S/C90H133N19O20/c1-48(2)42-66(101-58(13)111)83(124)107-72(57(12)110)86(127)106-69(44-59-30-24-23-25-31-59)85(126)109-90(15)41-29-22-20-18-16-17-19-21-28-40-89(14,87(128)99-55(10)77(118)97-53(8)76(117)96-52(7)75(116)95-51(6)74(115)94-50(5)73(92)114)108-84(125)67(43-49(3)4)104-80(121)65(38-39-71(91)113)102-78(119)54(9)98-81(122)70(46-61-47-93-64-33-27-26-32-63(61)64)105-82(123)68(45-60-34-36-62(112)37-35-60)103-79(120)56(11)100-88(90)129/h17,19,23-27,30-37,47-57,65-70,72,93,110,112H,16,18,20-22,28-29,38-46H2,1-15H3,(H2,91,113)(H2,92,114)(H,94,115)(H,95,116)(H,96,117)(H,97,118)(H,98,122)(H,99,128)(H,100,129)(H,101,111)(H,102,119)(H,103,120)(H,104,121)(H,105,123)(H,106,127)(H,107,124)(H,108,125)(H,109,126)/b19-17-/t50-,51+,52+,53+,54+,55+,56+,57-,65+,66+,67+,68+,69+,70+,72+,89+,90-/m1/s1. The quantitative estimate of drug-likeness (QED) is 0.0284. The fourth-order valence-corrected chi connectivity index (χ4v) is 14.1. The third kappa shape index (κ3) is 35.4. The van der Waals surface area contributed by atoms with Gasteiger partial charge >= 0.3 is 0 Å². The molecule has 129 heavy (non-hydrogen) atoms. The molecule has 0 saturated carbocycles.